The molecule has 156 valence electrons. The molecule has 0 radical (unpaired) electrons. The van der Waals surface area contributed by atoms with Crippen molar-refractivity contribution in [2.45, 2.75) is 52.4 Å². The van der Waals surface area contributed by atoms with Crippen LogP contribution in [0.15, 0.2) is 30.3 Å². The SMILES string of the molecule is CCCCN(C)C(=O)C1CCN(C(=O)c2cc(C(C)C)nc3ccccc23)CC1. The van der Waals surface area contributed by atoms with Crippen LogP contribution in [0.5, 0.6) is 0 Å². The Labute approximate surface area is 174 Å². The van der Waals surface area contributed by atoms with Gasteiger partial charge in [-0.25, -0.2) is 0 Å². The molecule has 0 bridgehead atoms. The summed E-state index contributed by atoms with van der Waals surface area (Å²) in [6.07, 6.45) is 3.60. The van der Waals surface area contributed by atoms with Crippen LogP contribution < -0.4 is 0 Å². The van der Waals surface area contributed by atoms with E-state index >= 15 is 0 Å². The number of amides is 2. The Hall–Kier alpha value is -2.43. The molecule has 0 unspecified atom stereocenters. The van der Waals surface area contributed by atoms with Gasteiger partial charge in [-0.3, -0.25) is 14.6 Å². The Morgan fingerprint density at radius 1 is 1.21 bits per heavy atom. The topological polar surface area (TPSA) is 53.5 Å². The highest BCUT2D eigenvalue weighted by Gasteiger charge is 2.30. The molecule has 0 spiro atoms. The summed E-state index contributed by atoms with van der Waals surface area (Å²) in [7, 11) is 1.89. The first-order chi connectivity index (χ1) is 13.9. The van der Waals surface area contributed by atoms with Gasteiger partial charge < -0.3 is 9.80 Å². The van der Waals surface area contributed by atoms with Crippen LogP contribution in [0.3, 0.4) is 0 Å². The maximum atomic E-state index is 13.3. The van der Waals surface area contributed by atoms with Gasteiger partial charge in [0, 0.05) is 43.7 Å². The molecule has 5 nitrogen and oxygen atoms in total. The molecule has 1 aliphatic heterocycles. The number of carbonyl (C=O) groups is 2. The number of piperidine rings is 1. The molecule has 5 heteroatoms. The number of benzene rings is 1. The normalized spacial score (nSPS) is 15.1. The van der Waals surface area contributed by atoms with Gasteiger partial charge in [-0.15, -0.1) is 0 Å². The molecule has 2 heterocycles. The van der Waals surface area contributed by atoms with Gasteiger partial charge in [0.1, 0.15) is 0 Å². The van der Waals surface area contributed by atoms with Gasteiger partial charge in [-0.05, 0) is 37.3 Å². The van der Waals surface area contributed by atoms with E-state index < -0.39 is 0 Å². The Balaban J connectivity index is 1.73. The summed E-state index contributed by atoms with van der Waals surface area (Å²) in [6, 6.07) is 9.80. The molecule has 0 aliphatic carbocycles. The maximum absolute atomic E-state index is 13.3. The van der Waals surface area contributed by atoms with Gasteiger partial charge in [-0.2, -0.15) is 0 Å². The van der Waals surface area contributed by atoms with Crippen molar-refractivity contribution in [3.8, 4) is 0 Å². The zero-order chi connectivity index (χ0) is 21.0. The fraction of sp³-hybridized carbons (Fsp3) is 0.542. The van der Waals surface area contributed by atoms with Crippen LogP contribution in [0.4, 0.5) is 0 Å². The second-order valence-corrected chi connectivity index (χ2v) is 8.45. The first kappa shape index (κ1) is 21.3. The van der Waals surface area contributed by atoms with Gasteiger partial charge in [0.2, 0.25) is 5.91 Å². The van der Waals surface area contributed by atoms with E-state index in [0.29, 0.717) is 13.1 Å². The van der Waals surface area contributed by atoms with Crippen LogP contribution in [0.2, 0.25) is 0 Å². The summed E-state index contributed by atoms with van der Waals surface area (Å²) < 4.78 is 0. The average molecular weight is 396 g/mol. The number of unbranched alkanes of at least 4 members (excludes halogenated alkanes) is 1. The van der Waals surface area contributed by atoms with E-state index in [-0.39, 0.29) is 23.7 Å². The fourth-order valence-electron chi connectivity index (χ4n) is 3.99. The molecule has 2 aromatic rings. The van der Waals surface area contributed by atoms with Crippen LogP contribution in [0.1, 0.15) is 68.4 Å². The molecule has 1 saturated heterocycles. The van der Waals surface area contributed by atoms with Gasteiger partial charge in [0.15, 0.2) is 0 Å². The number of para-hydroxylation sites is 1. The second kappa shape index (κ2) is 9.38. The van der Waals surface area contributed by atoms with Gasteiger partial charge in [0.05, 0.1) is 11.1 Å². The van der Waals surface area contributed by atoms with E-state index in [9.17, 15) is 9.59 Å². The molecule has 3 rings (SSSR count). The standard InChI is InChI=1S/C24H33N3O2/c1-5-6-13-26(4)23(28)18-11-14-27(15-12-18)24(29)20-16-22(17(2)3)25-21-10-8-7-9-19(20)21/h7-10,16-18H,5-6,11-15H2,1-4H3. The summed E-state index contributed by atoms with van der Waals surface area (Å²) in [5.41, 5.74) is 2.53. The highest BCUT2D eigenvalue weighted by atomic mass is 16.2. The third-order valence-corrected chi connectivity index (χ3v) is 5.91. The van der Waals surface area contributed by atoms with Crippen LogP contribution in [0, 0.1) is 5.92 Å². The van der Waals surface area contributed by atoms with Crippen LogP contribution in [0.25, 0.3) is 10.9 Å². The van der Waals surface area contributed by atoms with Crippen molar-refractivity contribution < 1.29 is 9.59 Å². The van der Waals surface area contributed by atoms with E-state index in [0.717, 1.165) is 54.4 Å². The Kier molecular flexibility index (Phi) is 6.88. The number of rotatable bonds is 6. The van der Waals surface area contributed by atoms with Crippen molar-refractivity contribution in [3.63, 3.8) is 0 Å². The Bertz CT molecular complexity index is 870. The molecule has 0 atom stereocenters. The summed E-state index contributed by atoms with van der Waals surface area (Å²) in [6.45, 7) is 8.40. The fourth-order valence-corrected chi connectivity index (χ4v) is 3.99. The quantitative estimate of drug-likeness (QED) is 0.725. The highest BCUT2D eigenvalue weighted by molar-refractivity contribution is 6.06. The lowest BCUT2D eigenvalue weighted by Crippen LogP contribution is -2.43. The van der Waals surface area contributed by atoms with Crippen molar-refractivity contribution in [2.24, 2.45) is 5.92 Å². The number of hydrogen-bond acceptors (Lipinski definition) is 3. The third-order valence-electron chi connectivity index (χ3n) is 5.91. The van der Waals surface area contributed by atoms with Gasteiger partial charge in [0.25, 0.3) is 5.91 Å². The zero-order valence-electron chi connectivity index (χ0n) is 18.1. The third kappa shape index (κ3) is 4.77. The summed E-state index contributed by atoms with van der Waals surface area (Å²) in [5, 5.41) is 0.902. The van der Waals surface area contributed by atoms with Crippen LogP contribution in [-0.2, 0) is 4.79 Å². The number of likely N-dealkylation sites (tertiary alicyclic amines) is 1. The van der Waals surface area contributed by atoms with Crippen molar-refractivity contribution in [1.82, 2.24) is 14.8 Å². The minimum Gasteiger partial charge on any atom is -0.346 e. The monoisotopic (exact) mass is 395 g/mol. The molecule has 1 fully saturated rings. The van der Waals surface area contributed by atoms with E-state index in [1.807, 2.05) is 47.2 Å². The molecular weight excluding hydrogens is 362 g/mol. The average Bonchev–Trinajstić information content (AvgIpc) is 2.75. The van der Waals surface area contributed by atoms with Gasteiger partial charge >= 0.3 is 0 Å². The van der Waals surface area contributed by atoms with Crippen LogP contribution in [-0.4, -0.2) is 53.3 Å². The lowest BCUT2D eigenvalue weighted by molar-refractivity contribution is -0.135. The number of hydrogen-bond donors (Lipinski definition) is 0. The molecule has 1 aliphatic rings. The largest absolute Gasteiger partial charge is 0.346 e. The molecule has 0 saturated carbocycles. The first-order valence-electron chi connectivity index (χ1n) is 10.9. The number of fused-ring (bicyclic) bond motifs is 1. The smallest absolute Gasteiger partial charge is 0.254 e. The minimum atomic E-state index is 0.0290. The number of aromatic nitrogens is 1. The van der Waals surface area contributed by atoms with Crippen molar-refractivity contribution in [2.75, 3.05) is 26.7 Å². The number of carbonyl (C=O) groups excluding carboxylic acids is 2. The zero-order valence-corrected chi connectivity index (χ0v) is 18.1. The molecular formula is C24H33N3O2. The van der Waals surface area contributed by atoms with E-state index in [1.54, 1.807) is 0 Å². The minimum absolute atomic E-state index is 0.0290. The molecule has 1 aromatic carbocycles. The lowest BCUT2D eigenvalue weighted by atomic mass is 9.94. The van der Waals surface area contributed by atoms with Crippen molar-refractivity contribution in [1.29, 1.82) is 0 Å². The summed E-state index contributed by atoms with van der Waals surface area (Å²) in [4.78, 5) is 34.5. The summed E-state index contributed by atoms with van der Waals surface area (Å²) >= 11 is 0. The predicted molar refractivity (Wildman–Crippen MR) is 117 cm³/mol. The molecule has 29 heavy (non-hydrogen) atoms. The first-order valence-corrected chi connectivity index (χ1v) is 10.9. The van der Waals surface area contributed by atoms with E-state index in [1.165, 1.54) is 0 Å². The second-order valence-electron chi connectivity index (χ2n) is 8.45. The predicted octanol–water partition coefficient (Wildman–Crippen LogP) is 4.47. The van der Waals surface area contributed by atoms with E-state index in [4.69, 9.17) is 4.98 Å². The molecule has 0 N–H and O–H groups in total. The maximum Gasteiger partial charge on any atom is 0.254 e. The Morgan fingerprint density at radius 2 is 1.90 bits per heavy atom. The van der Waals surface area contributed by atoms with Crippen molar-refractivity contribution in [3.05, 3.63) is 41.6 Å². The molecule has 2 amide bonds. The Morgan fingerprint density at radius 3 is 2.55 bits per heavy atom. The van der Waals surface area contributed by atoms with Gasteiger partial charge in [-0.1, -0.05) is 45.4 Å². The lowest BCUT2D eigenvalue weighted by Gasteiger charge is -2.33. The summed E-state index contributed by atoms with van der Waals surface area (Å²) in [5.74, 6) is 0.562. The highest BCUT2D eigenvalue weighted by Crippen LogP contribution is 2.26. The molecule has 1 aromatic heterocycles. The van der Waals surface area contributed by atoms with Crippen LogP contribution >= 0.6 is 0 Å². The van der Waals surface area contributed by atoms with E-state index in [2.05, 4.69) is 20.8 Å². The number of pyridine rings is 1. The number of nitrogens with zero attached hydrogens (tertiary/aromatic N) is 3. The van der Waals surface area contributed by atoms with Crippen molar-refractivity contribution >= 4 is 22.7 Å².